The van der Waals surface area contributed by atoms with Crippen LogP contribution >= 0.6 is 0 Å². The summed E-state index contributed by atoms with van der Waals surface area (Å²) in [6.07, 6.45) is 11.5. The molecule has 3 atom stereocenters. The van der Waals surface area contributed by atoms with Crippen LogP contribution in [0.15, 0.2) is 54.1 Å². The maximum Gasteiger partial charge on any atom is 0.222 e. The minimum Gasteiger partial charge on any atom is -0.411 e. The highest BCUT2D eigenvalue weighted by Gasteiger charge is 2.38. The fraction of sp³-hybridized carbons (Fsp3) is 0.633. The van der Waals surface area contributed by atoms with Crippen LogP contribution in [0.5, 0.6) is 0 Å². The minimum absolute atomic E-state index is 0.00650. The molecule has 1 heterocycles. The van der Waals surface area contributed by atoms with Gasteiger partial charge in [0, 0.05) is 13.5 Å². The lowest BCUT2D eigenvalue weighted by Gasteiger charge is -2.39. The van der Waals surface area contributed by atoms with Crippen LogP contribution in [0, 0.1) is 5.92 Å². The van der Waals surface area contributed by atoms with Gasteiger partial charge in [0.25, 0.3) is 0 Å². The van der Waals surface area contributed by atoms with Gasteiger partial charge in [-0.15, -0.1) is 0 Å². The molecule has 1 unspecified atom stereocenters. The van der Waals surface area contributed by atoms with E-state index in [0.29, 0.717) is 19.6 Å². The third-order valence-electron chi connectivity index (χ3n) is 7.67. The standard InChI is InChI=1S/C30H49NO3Si/c1-24-19-20-27(34-35(7,8)30(3,4)5)17-13-10-14-18-28(32)31(6)29(24)25(2)21-22-33-23-26-15-11-9-12-16-26/h9,11-12,15-16,19-21,24,27,29H,10,13-14,17-18,22-23H2,1-8H3/b20-19+,25-21+/t24-,27?,29-/m0/s1. The number of hydrogen-bond donors (Lipinski definition) is 0. The second-order valence-electron chi connectivity index (χ2n) is 11.7. The molecule has 196 valence electrons. The molecule has 1 aliphatic heterocycles. The summed E-state index contributed by atoms with van der Waals surface area (Å²) in [6.45, 7) is 17.0. The van der Waals surface area contributed by atoms with E-state index in [1.807, 2.05) is 30.1 Å². The summed E-state index contributed by atoms with van der Waals surface area (Å²) in [4.78, 5) is 14.9. The smallest absolute Gasteiger partial charge is 0.222 e. The molecule has 0 aliphatic carbocycles. The summed E-state index contributed by atoms with van der Waals surface area (Å²) in [5.74, 6) is 0.405. The van der Waals surface area contributed by atoms with E-state index in [2.05, 4.69) is 78.1 Å². The minimum atomic E-state index is -1.86. The predicted octanol–water partition coefficient (Wildman–Crippen LogP) is 7.52. The number of amides is 1. The SMILES string of the molecule is C/C(=C\COCc1ccccc1)[C@@H]1[C@@H](C)/C=C/C(O[Si](C)(C)C(C)(C)C)CCCCCC(=O)N1C. The van der Waals surface area contributed by atoms with Gasteiger partial charge in [-0.05, 0) is 49.4 Å². The molecule has 5 heteroatoms. The molecule has 0 aromatic heterocycles. The average molecular weight is 500 g/mol. The van der Waals surface area contributed by atoms with Crippen molar-refractivity contribution in [2.45, 2.75) is 104 Å². The lowest BCUT2D eigenvalue weighted by atomic mass is 9.91. The molecule has 0 radical (unpaired) electrons. The first-order valence-electron chi connectivity index (χ1n) is 13.3. The van der Waals surface area contributed by atoms with Gasteiger partial charge in [-0.2, -0.15) is 0 Å². The van der Waals surface area contributed by atoms with Crippen molar-refractivity contribution in [1.82, 2.24) is 4.90 Å². The molecule has 1 amide bonds. The molecule has 2 rings (SSSR count). The number of hydrogen-bond acceptors (Lipinski definition) is 3. The van der Waals surface area contributed by atoms with Gasteiger partial charge < -0.3 is 14.1 Å². The zero-order valence-electron chi connectivity index (χ0n) is 23.5. The molecular formula is C30H49NO3Si. The maximum atomic E-state index is 13.0. The van der Waals surface area contributed by atoms with Gasteiger partial charge in [0.1, 0.15) is 0 Å². The second-order valence-corrected chi connectivity index (χ2v) is 16.4. The maximum absolute atomic E-state index is 13.0. The van der Waals surface area contributed by atoms with E-state index in [1.165, 1.54) is 11.1 Å². The van der Waals surface area contributed by atoms with Crippen LogP contribution in [0.4, 0.5) is 0 Å². The number of benzene rings is 1. The second kappa shape index (κ2) is 13.6. The summed E-state index contributed by atoms with van der Waals surface area (Å²) >= 11 is 0. The molecule has 1 aliphatic rings. The molecule has 4 nitrogen and oxygen atoms in total. The van der Waals surface area contributed by atoms with Crippen LogP contribution in [-0.2, 0) is 20.6 Å². The number of likely N-dealkylation sites (N-methyl/N-ethyl adjacent to an activating group) is 1. The highest BCUT2D eigenvalue weighted by atomic mass is 28.4. The van der Waals surface area contributed by atoms with Gasteiger partial charge in [-0.1, -0.05) is 94.7 Å². The Morgan fingerprint density at radius 1 is 1.11 bits per heavy atom. The number of nitrogens with zero attached hydrogens (tertiary/aromatic N) is 1. The Morgan fingerprint density at radius 2 is 1.80 bits per heavy atom. The predicted molar refractivity (Wildman–Crippen MR) is 150 cm³/mol. The molecule has 0 bridgehead atoms. The third kappa shape index (κ3) is 9.36. The van der Waals surface area contributed by atoms with Crippen molar-refractivity contribution < 1.29 is 14.0 Å². The Morgan fingerprint density at radius 3 is 2.46 bits per heavy atom. The monoisotopic (exact) mass is 499 g/mol. The van der Waals surface area contributed by atoms with Crippen molar-refractivity contribution in [2.24, 2.45) is 5.92 Å². The van der Waals surface area contributed by atoms with Gasteiger partial charge >= 0.3 is 0 Å². The number of rotatable bonds is 7. The fourth-order valence-electron chi connectivity index (χ4n) is 4.42. The first kappa shape index (κ1) is 29.5. The van der Waals surface area contributed by atoms with Gasteiger partial charge in [0.05, 0.1) is 25.4 Å². The lowest BCUT2D eigenvalue weighted by molar-refractivity contribution is -0.132. The third-order valence-corrected chi connectivity index (χ3v) is 12.2. The number of ether oxygens (including phenoxy) is 1. The summed E-state index contributed by atoms with van der Waals surface area (Å²) in [5, 5.41) is 0.185. The average Bonchev–Trinajstić information content (AvgIpc) is 2.79. The van der Waals surface area contributed by atoms with E-state index >= 15 is 0 Å². The van der Waals surface area contributed by atoms with Gasteiger partial charge in [0.2, 0.25) is 5.91 Å². The van der Waals surface area contributed by atoms with Gasteiger partial charge in [-0.3, -0.25) is 4.79 Å². The molecular weight excluding hydrogens is 450 g/mol. The van der Waals surface area contributed by atoms with Crippen LogP contribution in [0.1, 0.15) is 72.3 Å². The normalized spacial score (nSPS) is 24.6. The van der Waals surface area contributed by atoms with Crippen LogP contribution in [0.2, 0.25) is 18.1 Å². The summed E-state index contributed by atoms with van der Waals surface area (Å²) < 4.78 is 12.7. The van der Waals surface area contributed by atoms with E-state index in [-0.39, 0.29) is 29.0 Å². The van der Waals surface area contributed by atoms with E-state index < -0.39 is 8.32 Å². The van der Waals surface area contributed by atoms with E-state index in [4.69, 9.17) is 9.16 Å². The zero-order chi connectivity index (χ0) is 26.1. The lowest BCUT2D eigenvalue weighted by Crippen LogP contribution is -2.44. The molecule has 0 saturated heterocycles. The fourth-order valence-corrected chi connectivity index (χ4v) is 5.73. The van der Waals surface area contributed by atoms with Gasteiger partial charge in [-0.25, -0.2) is 0 Å². The Kier molecular flexibility index (Phi) is 11.5. The molecule has 35 heavy (non-hydrogen) atoms. The largest absolute Gasteiger partial charge is 0.411 e. The molecule has 0 spiro atoms. The van der Waals surface area contributed by atoms with Crippen LogP contribution in [0.25, 0.3) is 0 Å². The van der Waals surface area contributed by atoms with Crippen molar-refractivity contribution in [2.75, 3.05) is 13.7 Å². The topological polar surface area (TPSA) is 38.8 Å². The summed E-state index contributed by atoms with van der Waals surface area (Å²) in [5.41, 5.74) is 2.34. The molecule has 1 aromatic rings. The van der Waals surface area contributed by atoms with Crippen molar-refractivity contribution >= 4 is 14.2 Å². The van der Waals surface area contributed by atoms with E-state index in [1.54, 1.807) is 0 Å². The van der Waals surface area contributed by atoms with Crippen molar-refractivity contribution in [3.63, 3.8) is 0 Å². The number of carbonyl (C=O) groups is 1. The van der Waals surface area contributed by atoms with Crippen molar-refractivity contribution in [3.8, 4) is 0 Å². The zero-order valence-corrected chi connectivity index (χ0v) is 24.5. The van der Waals surface area contributed by atoms with Crippen molar-refractivity contribution in [3.05, 3.63) is 59.7 Å². The molecule has 0 fully saturated rings. The highest BCUT2D eigenvalue weighted by Crippen LogP contribution is 2.38. The van der Waals surface area contributed by atoms with Crippen LogP contribution in [-0.4, -0.2) is 44.9 Å². The molecule has 1 aromatic carbocycles. The van der Waals surface area contributed by atoms with Crippen LogP contribution in [0.3, 0.4) is 0 Å². The first-order chi connectivity index (χ1) is 16.4. The van der Waals surface area contributed by atoms with Crippen molar-refractivity contribution in [1.29, 1.82) is 0 Å². The Balaban J connectivity index is 2.17. The molecule has 0 N–H and O–H groups in total. The summed E-state index contributed by atoms with van der Waals surface area (Å²) in [6, 6.07) is 10.2. The first-order valence-corrected chi connectivity index (χ1v) is 16.2. The van der Waals surface area contributed by atoms with Gasteiger partial charge in [0.15, 0.2) is 8.32 Å². The Hall–Kier alpha value is -1.69. The van der Waals surface area contributed by atoms with E-state index in [0.717, 1.165) is 25.7 Å². The highest BCUT2D eigenvalue weighted by molar-refractivity contribution is 6.74. The Bertz CT molecular complexity index is 841. The number of carbonyl (C=O) groups excluding carboxylic acids is 1. The van der Waals surface area contributed by atoms with E-state index in [9.17, 15) is 4.79 Å². The Labute approximate surface area is 215 Å². The molecule has 0 saturated carbocycles. The quantitative estimate of drug-likeness (QED) is 0.221. The van der Waals surface area contributed by atoms with Crippen LogP contribution < -0.4 is 0 Å². The summed E-state index contributed by atoms with van der Waals surface area (Å²) in [7, 11) is 0.0916.